The summed E-state index contributed by atoms with van der Waals surface area (Å²) in [7, 11) is 3.27. The van der Waals surface area contributed by atoms with Crippen LogP contribution in [0.5, 0.6) is 0 Å². The van der Waals surface area contributed by atoms with E-state index < -0.39 is 0 Å². The van der Waals surface area contributed by atoms with E-state index in [0.717, 1.165) is 12.0 Å². The first-order chi connectivity index (χ1) is 6.29. The van der Waals surface area contributed by atoms with Gasteiger partial charge in [0.25, 0.3) is 0 Å². The van der Waals surface area contributed by atoms with Crippen LogP contribution in [0.4, 0.5) is 5.82 Å². The zero-order valence-corrected chi connectivity index (χ0v) is 7.73. The molecule has 13 heavy (non-hydrogen) atoms. The summed E-state index contributed by atoms with van der Waals surface area (Å²) in [5, 5.41) is 0. The van der Waals surface area contributed by atoms with Crippen molar-refractivity contribution in [2.75, 3.05) is 19.1 Å². The Morgan fingerprint density at radius 2 is 2.46 bits per heavy atom. The van der Waals surface area contributed by atoms with Gasteiger partial charge in [-0.25, -0.2) is 4.98 Å². The predicted octanol–water partition coefficient (Wildman–Crippen LogP) is 0.821. The number of nitrogens with zero attached hydrogens (tertiary/aromatic N) is 2. The molecule has 1 rings (SSSR count). The molecule has 0 spiro atoms. The minimum Gasteiger partial charge on any atom is -0.380 e. The molecule has 0 atom stereocenters. The largest absolute Gasteiger partial charge is 0.380 e. The van der Waals surface area contributed by atoms with Gasteiger partial charge < -0.3 is 9.64 Å². The van der Waals surface area contributed by atoms with Gasteiger partial charge in [-0.15, -0.1) is 0 Å². The number of ether oxygens (including phenoxy) is 1. The van der Waals surface area contributed by atoms with E-state index in [1.807, 2.05) is 12.1 Å². The Morgan fingerprint density at radius 3 is 3.08 bits per heavy atom. The molecule has 0 aromatic carbocycles. The fourth-order valence-electron chi connectivity index (χ4n) is 1.07. The number of carbonyl (C=O) groups excluding carboxylic acids is 1. The standard InChI is InChI=1S/C9H12N2O2/c1-11(7-12)9-8(6-13-2)4-3-5-10-9/h3-5,7H,6H2,1-2H3. The van der Waals surface area contributed by atoms with Gasteiger partial charge in [0.05, 0.1) is 6.61 Å². The van der Waals surface area contributed by atoms with Crippen molar-refractivity contribution in [3.63, 3.8) is 0 Å². The Hall–Kier alpha value is -1.42. The van der Waals surface area contributed by atoms with Gasteiger partial charge in [-0.05, 0) is 6.07 Å². The third-order valence-corrected chi connectivity index (χ3v) is 1.66. The normalized spacial score (nSPS) is 9.69. The summed E-state index contributed by atoms with van der Waals surface area (Å²) in [5.74, 6) is 0.638. The third kappa shape index (κ3) is 2.26. The number of amides is 1. The summed E-state index contributed by atoms with van der Waals surface area (Å²) in [6, 6.07) is 3.70. The van der Waals surface area contributed by atoms with Gasteiger partial charge in [0.2, 0.25) is 6.41 Å². The summed E-state index contributed by atoms with van der Waals surface area (Å²) in [4.78, 5) is 16.0. The highest BCUT2D eigenvalue weighted by atomic mass is 16.5. The molecule has 0 saturated heterocycles. The lowest BCUT2D eigenvalue weighted by Gasteiger charge is -2.13. The van der Waals surface area contributed by atoms with E-state index in [9.17, 15) is 4.79 Å². The van der Waals surface area contributed by atoms with Crippen molar-refractivity contribution in [1.29, 1.82) is 0 Å². The molecular formula is C9H12N2O2. The lowest BCUT2D eigenvalue weighted by molar-refractivity contribution is -0.107. The van der Waals surface area contributed by atoms with Crippen LogP contribution in [0.3, 0.4) is 0 Å². The summed E-state index contributed by atoms with van der Waals surface area (Å²) in [5.41, 5.74) is 0.902. The van der Waals surface area contributed by atoms with Crippen LogP contribution in [-0.4, -0.2) is 25.6 Å². The van der Waals surface area contributed by atoms with Crippen molar-refractivity contribution in [2.24, 2.45) is 0 Å². The van der Waals surface area contributed by atoms with Crippen molar-refractivity contribution in [2.45, 2.75) is 6.61 Å². The van der Waals surface area contributed by atoms with Gasteiger partial charge in [0, 0.05) is 25.9 Å². The molecule has 0 fully saturated rings. The molecule has 4 heteroatoms. The van der Waals surface area contributed by atoms with Gasteiger partial charge >= 0.3 is 0 Å². The Morgan fingerprint density at radius 1 is 1.69 bits per heavy atom. The molecule has 0 aliphatic carbocycles. The maximum atomic E-state index is 10.5. The fraction of sp³-hybridized carbons (Fsp3) is 0.333. The summed E-state index contributed by atoms with van der Waals surface area (Å²) in [6.45, 7) is 0.460. The predicted molar refractivity (Wildman–Crippen MR) is 49.4 cm³/mol. The van der Waals surface area contributed by atoms with Crippen molar-refractivity contribution in [1.82, 2.24) is 4.98 Å². The van der Waals surface area contributed by atoms with Crippen molar-refractivity contribution in [3.8, 4) is 0 Å². The van der Waals surface area contributed by atoms with Crippen LogP contribution in [0.15, 0.2) is 18.3 Å². The van der Waals surface area contributed by atoms with Gasteiger partial charge in [0.15, 0.2) is 0 Å². The number of hydrogen-bond acceptors (Lipinski definition) is 3. The Kier molecular flexibility index (Phi) is 3.40. The Bertz CT molecular complexity index is 289. The zero-order valence-electron chi connectivity index (χ0n) is 7.73. The van der Waals surface area contributed by atoms with E-state index in [2.05, 4.69) is 4.98 Å². The second kappa shape index (κ2) is 4.57. The van der Waals surface area contributed by atoms with Crippen LogP contribution in [0.1, 0.15) is 5.56 Å². The van der Waals surface area contributed by atoms with Crippen LogP contribution < -0.4 is 4.90 Å². The molecule has 1 heterocycles. The molecule has 4 nitrogen and oxygen atoms in total. The van der Waals surface area contributed by atoms with E-state index in [1.165, 1.54) is 4.90 Å². The van der Waals surface area contributed by atoms with Gasteiger partial charge in [-0.3, -0.25) is 4.79 Å². The quantitative estimate of drug-likeness (QED) is 0.644. The highest BCUT2D eigenvalue weighted by molar-refractivity contribution is 5.73. The van der Waals surface area contributed by atoms with Crippen LogP contribution in [0.2, 0.25) is 0 Å². The monoisotopic (exact) mass is 180 g/mol. The SMILES string of the molecule is COCc1cccnc1N(C)C=O. The molecule has 0 aliphatic heterocycles. The molecule has 1 aromatic heterocycles. The summed E-state index contributed by atoms with van der Waals surface area (Å²) >= 11 is 0. The van der Waals surface area contributed by atoms with Gasteiger partial charge in [-0.2, -0.15) is 0 Å². The van der Waals surface area contributed by atoms with Crippen LogP contribution >= 0.6 is 0 Å². The average Bonchev–Trinajstić information content (AvgIpc) is 2.18. The van der Waals surface area contributed by atoms with E-state index in [4.69, 9.17) is 4.74 Å². The van der Waals surface area contributed by atoms with Crippen molar-refractivity contribution < 1.29 is 9.53 Å². The lowest BCUT2D eigenvalue weighted by Crippen LogP contribution is -2.17. The number of methoxy groups -OCH3 is 1. The number of carbonyl (C=O) groups is 1. The highest BCUT2D eigenvalue weighted by Gasteiger charge is 2.06. The van der Waals surface area contributed by atoms with Crippen molar-refractivity contribution >= 4 is 12.2 Å². The minimum absolute atomic E-state index is 0.460. The summed E-state index contributed by atoms with van der Waals surface area (Å²) < 4.78 is 4.98. The van der Waals surface area contributed by atoms with E-state index >= 15 is 0 Å². The second-order valence-corrected chi connectivity index (χ2v) is 2.64. The molecule has 1 amide bonds. The molecule has 70 valence electrons. The lowest BCUT2D eigenvalue weighted by atomic mass is 10.2. The molecule has 0 saturated carbocycles. The van der Waals surface area contributed by atoms with Gasteiger partial charge in [-0.1, -0.05) is 6.07 Å². The molecule has 0 unspecified atom stereocenters. The number of pyridine rings is 1. The molecule has 0 aliphatic rings. The van der Waals surface area contributed by atoms with E-state index in [-0.39, 0.29) is 0 Å². The average molecular weight is 180 g/mol. The third-order valence-electron chi connectivity index (χ3n) is 1.66. The smallest absolute Gasteiger partial charge is 0.215 e. The molecule has 0 bridgehead atoms. The number of rotatable bonds is 4. The van der Waals surface area contributed by atoms with Crippen LogP contribution in [0, 0.1) is 0 Å². The zero-order chi connectivity index (χ0) is 9.68. The Balaban J connectivity index is 2.96. The van der Waals surface area contributed by atoms with E-state index in [0.29, 0.717) is 12.4 Å². The topological polar surface area (TPSA) is 42.4 Å². The fourth-order valence-corrected chi connectivity index (χ4v) is 1.07. The second-order valence-electron chi connectivity index (χ2n) is 2.64. The maximum Gasteiger partial charge on any atom is 0.215 e. The number of hydrogen-bond donors (Lipinski definition) is 0. The Labute approximate surface area is 77.1 Å². The molecular weight excluding hydrogens is 168 g/mol. The first-order valence-electron chi connectivity index (χ1n) is 3.90. The summed E-state index contributed by atoms with van der Waals surface area (Å²) in [6.07, 6.45) is 2.37. The highest BCUT2D eigenvalue weighted by Crippen LogP contribution is 2.14. The van der Waals surface area contributed by atoms with E-state index in [1.54, 1.807) is 20.4 Å². The van der Waals surface area contributed by atoms with Crippen LogP contribution in [-0.2, 0) is 16.1 Å². The van der Waals surface area contributed by atoms with Crippen LogP contribution in [0.25, 0.3) is 0 Å². The number of anilines is 1. The molecule has 0 radical (unpaired) electrons. The minimum atomic E-state index is 0.460. The molecule has 0 N–H and O–H groups in total. The first kappa shape index (κ1) is 9.67. The maximum absolute atomic E-state index is 10.5. The first-order valence-corrected chi connectivity index (χ1v) is 3.90. The van der Waals surface area contributed by atoms with Crippen molar-refractivity contribution in [3.05, 3.63) is 23.9 Å². The number of aromatic nitrogens is 1. The molecule has 1 aromatic rings. The van der Waals surface area contributed by atoms with Gasteiger partial charge in [0.1, 0.15) is 5.82 Å².